The Hall–Kier alpha value is -2.63. The number of nitro groups is 1. The molecule has 4 rings (SSSR count). The zero-order chi connectivity index (χ0) is 18.1. The van der Waals surface area contributed by atoms with E-state index >= 15 is 0 Å². The van der Waals surface area contributed by atoms with Crippen molar-refractivity contribution < 1.29 is 4.92 Å². The van der Waals surface area contributed by atoms with Gasteiger partial charge in [0, 0.05) is 31.3 Å². The molecule has 4 nitrogen and oxygen atoms in total. The molecule has 6 heteroatoms. The lowest BCUT2D eigenvalue weighted by Crippen LogP contribution is -2.13. The molecule has 0 radical (unpaired) electrons. The largest absolute Gasteiger partial charge is 0.354 e. The predicted octanol–water partition coefficient (Wildman–Crippen LogP) is 5.96. The lowest BCUT2D eigenvalue weighted by Gasteiger charge is -2.14. The van der Waals surface area contributed by atoms with E-state index in [-0.39, 0.29) is 17.4 Å². The van der Waals surface area contributed by atoms with Crippen LogP contribution in [0.5, 0.6) is 0 Å². The van der Waals surface area contributed by atoms with Crippen LogP contribution < -0.4 is 0 Å². The number of aromatic nitrogens is 1. The van der Waals surface area contributed by atoms with E-state index in [1.165, 1.54) is 0 Å². The van der Waals surface area contributed by atoms with Crippen molar-refractivity contribution >= 4 is 33.8 Å². The molecule has 0 saturated heterocycles. The number of nitrogens with one attached hydrogen (secondary N) is 1. The van der Waals surface area contributed by atoms with Crippen molar-refractivity contribution in [3.8, 4) is 11.3 Å². The van der Waals surface area contributed by atoms with Gasteiger partial charge >= 0.3 is 0 Å². The van der Waals surface area contributed by atoms with Crippen LogP contribution in [0, 0.1) is 10.1 Å². The summed E-state index contributed by atoms with van der Waals surface area (Å²) in [6, 6.07) is 19.4. The smallest absolute Gasteiger partial charge is 0.215 e. The van der Waals surface area contributed by atoms with E-state index in [1.807, 2.05) is 66.0 Å². The highest BCUT2D eigenvalue weighted by Gasteiger charge is 2.28. The Bertz CT molecular complexity index is 1060. The summed E-state index contributed by atoms with van der Waals surface area (Å²) in [6.07, 6.45) is 0. The molecule has 130 valence electrons. The quantitative estimate of drug-likeness (QED) is 0.342. The molecule has 0 aliphatic rings. The Kier molecular flexibility index (Phi) is 4.49. The van der Waals surface area contributed by atoms with Gasteiger partial charge in [0.1, 0.15) is 0 Å². The van der Waals surface area contributed by atoms with Crippen molar-refractivity contribution in [3.63, 3.8) is 0 Å². The Morgan fingerprint density at radius 1 is 1.08 bits per heavy atom. The van der Waals surface area contributed by atoms with Crippen LogP contribution >= 0.6 is 22.9 Å². The van der Waals surface area contributed by atoms with Crippen LogP contribution in [0.15, 0.2) is 66.0 Å². The minimum absolute atomic E-state index is 0.150. The molecular weight excluding hydrogens is 368 g/mol. The highest BCUT2D eigenvalue weighted by atomic mass is 35.5. The van der Waals surface area contributed by atoms with Gasteiger partial charge in [0.15, 0.2) is 0 Å². The average molecular weight is 383 g/mol. The molecule has 4 aromatic rings. The number of aromatic amines is 1. The maximum Gasteiger partial charge on any atom is 0.215 e. The van der Waals surface area contributed by atoms with Crippen molar-refractivity contribution in [1.82, 2.24) is 4.98 Å². The molecule has 0 aliphatic carbocycles. The van der Waals surface area contributed by atoms with Gasteiger partial charge in [-0.05, 0) is 35.2 Å². The van der Waals surface area contributed by atoms with Gasteiger partial charge in [-0.25, -0.2) is 0 Å². The van der Waals surface area contributed by atoms with E-state index in [4.69, 9.17) is 11.6 Å². The molecule has 0 amide bonds. The van der Waals surface area contributed by atoms with Gasteiger partial charge in [-0.2, -0.15) is 0 Å². The number of halogens is 1. The van der Waals surface area contributed by atoms with Crippen molar-refractivity contribution in [2.24, 2.45) is 0 Å². The SMILES string of the molecule is O=[N+]([O-])C[C@H](c1cccs1)c1c(-c2ccc(Cl)cc2)[nH]c2ccccc12. The Morgan fingerprint density at radius 3 is 2.54 bits per heavy atom. The van der Waals surface area contributed by atoms with Gasteiger partial charge in [-0.1, -0.05) is 48.0 Å². The summed E-state index contributed by atoms with van der Waals surface area (Å²) in [4.78, 5) is 15.6. The third-order valence-corrected chi connectivity index (χ3v) is 5.68. The molecule has 1 N–H and O–H groups in total. The summed E-state index contributed by atoms with van der Waals surface area (Å²) in [5, 5.41) is 15.0. The van der Waals surface area contributed by atoms with Crippen LogP contribution in [0.1, 0.15) is 16.4 Å². The molecule has 2 aromatic heterocycles. The molecule has 1 atom stereocenters. The van der Waals surface area contributed by atoms with Gasteiger partial charge in [0.2, 0.25) is 6.54 Å². The first-order valence-electron chi connectivity index (χ1n) is 8.15. The van der Waals surface area contributed by atoms with Crippen LogP contribution in [-0.4, -0.2) is 16.5 Å². The first-order valence-corrected chi connectivity index (χ1v) is 9.41. The fourth-order valence-electron chi connectivity index (χ4n) is 3.33. The van der Waals surface area contributed by atoms with Gasteiger partial charge in [0.05, 0.1) is 11.6 Å². The monoisotopic (exact) mass is 382 g/mol. The second-order valence-electron chi connectivity index (χ2n) is 6.05. The summed E-state index contributed by atoms with van der Waals surface area (Å²) in [7, 11) is 0. The van der Waals surface area contributed by atoms with Crippen molar-refractivity contribution in [3.05, 3.63) is 91.6 Å². The van der Waals surface area contributed by atoms with E-state index in [0.717, 1.165) is 32.6 Å². The molecule has 0 saturated carbocycles. The van der Waals surface area contributed by atoms with Crippen LogP contribution in [-0.2, 0) is 0 Å². The lowest BCUT2D eigenvalue weighted by molar-refractivity contribution is -0.481. The van der Waals surface area contributed by atoms with Gasteiger partial charge in [0.25, 0.3) is 0 Å². The van der Waals surface area contributed by atoms with Crippen LogP contribution in [0.3, 0.4) is 0 Å². The lowest BCUT2D eigenvalue weighted by atomic mass is 9.92. The third-order valence-electron chi connectivity index (χ3n) is 4.45. The summed E-state index contributed by atoms with van der Waals surface area (Å²) in [6.45, 7) is -0.150. The van der Waals surface area contributed by atoms with Crippen LogP contribution in [0.4, 0.5) is 0 Å². The van der Waals surface area contributed by atoms with Gasteiger partial charge < -0.3 is 4.98 Å². The number of hydrogen-bond acceptors (Lipinski definition) is 3. The molecule has 0 fully saturated rings. The number of thiophene rings is 1. The molecule has 2 aromatic carbocycles. The number of para-hydroxylation sites is 1. The molecule has 0 bridgehead atoms. The van der Waals surface area contributed by atoms with Gasteiger partial charge in [-0.3, -0.25) is 10.1 Å². The van der Waals surface area contributed by atoms with Crippen molar-refractivity contribution in [2.75, 3.05) is 6.54 Å². The van der Waals surface area contributed by atoms with E-state index in [1.54, 1.807) is 11.3 Å². The fraction of sp³-hybridized carbons (Fsp3) is 0.100. The Balaban J connectivity index is 1.98. The molecule has 26 heavy (non-hydrogen) atoms. The summed E-state index contributed by atoms with van der Waals surface area (Å²) >= 11 is 7.58. The zero-order valence-electron chi connectivity index (χ0n) is 13.7. The first-order chi connectivity index (χ1) is 12.6. The van der Waals surface area contributed by atoms with E-state index in [9.17, 15) is 10.1 Å². The second-order valence-corrected chi connectivity index (χ2v) is 7.47. The van der Waals surface area contributed by atoms with Crippen molar-refractivity contribution in [1.29, 1.82) is 0 Å². The summed E-state index contributed by atoms with van der Waals surface area (Å²) < 4.78 is 0. The number of nitrogens with zero attached hydrogens (tertiary/aromatic N) is 1. The first kappa shape index (κ1) is 16.8. The fourth-order valence-corrected chi connectivity index (χ4v) is 4.29. The summed E-state index contributed by atoms with van der Waals surface area (Å²) in [5.74, 6) is -0.313. The minimum atomic E-state index is -0.313. The molecule has 2 heterocycles. The highest BCUT2D eigenvalue weighted by molar-refractivity contribution is 7.10. The van der Waals surface area contributed by atoms with E-state index < -0.39 is 0 Å². The average Bonchev–Trinajstić information content (AvgIpc) is 3.28. The molecule has 0 unspecified atom stereocenters. The second kappa shape index (κ2) is 6.94. The zero-order valence-corrected chi connectivity index (χ0v) is 15.3. The van der Waals surface area contributed by atoms with Crippen LogP contribution in [0.2, 0.25) is 5.02 Å². The molecular formula is C20H15ClN2O2S. The number of hydrogen-bond donors (Lipinski definition) is 1. The molecule has 0 aliphatic heterocycles. The standard InChI is InChI=1S/C20H15ClN2O2S/c21-14-9-7-13(8-10-14)20-19(15-4-1-2-5-17(15)22-20)16(12-23(24)25)18-6-3-11-26-18/h1-11,16,22H,12H2/t16-/m1/s1. The topological polar surface area (TPSA) is 58.9 Å². The van der Waals surface area contributed by atoms with Crippen molar-refractivity contribution in [2.45, 2.75) is 5.92 Å². The highest BCUT2D eigenvalue weighted by Crippen LogP contribution is 2.40. The Morgan fingerprint density at radius 2 is 1.85 bits per heavy atom. The minimum Gasteiger partial charge on any atom is -0.354 e. The number of benzene rings is 2. The van der Waals surface area contributed by atoms with Gasteiger partial charge in [-0.15, -0.1) is 11.3 Å². The number of rotatable bonds is 5. The van der Waals surface area contributed by atoms with E-state index in [0.29, 0.717) is 5.02 Å². The number of H-pyrrole nitrogens is 1. The normalized spacial score (nSPS) is 12.3. The Labute approximate surface area is 159 Å². The van der Waals surface area contributed by atoms with Crippen LogP contribution in [0.25, 0.3) is 22.2 Å². The molecule has 0 spiro atoms. The van der Waals surface area contributed by atoms with E-state index in [2.05, 4.69) is 4.98 Å². The third kappa shape index (κ3) is 3.11. The number of fused-ring (bicyclic) bond motifs is 1. The summed E-state index contributed by atoms with van der Waals surface area (Å²) in [5.41, 5.74) is 3.80. The maximum absolute atomic E-state index is 11.4. The predicted molar refractivity (Wildman–Crippen MR) is 107 cm³/mol. The maximum atomic E-state index is 11.4.